The number of hydrogen-bond donors (Lipinski definition) is 1. The van der Waals surface area contributed by atoms with Crippen LogP contribution in [0.25, 0.3) is 0 Å². The largest absolute Gasteiger partial charge is 0.369 e. The summed E-state index contributed by atoms with van der Waals surface area (Å²) in [6, 6.07) is 7.48. The highest BCUT2D eigenvalue weighted by Crippen LogP contribution is 2.18. The Morgan fingerprint density at radius 3 is 2.61 bits per heavy atom. The normalized spacial score (nSPS) is 15.6. The van der Waals surface area contributed by atoms with Crippen LogP contribution >= 0.6 is 11.6 Å². The van der Waals surface area contributed by atoms with Gasteiger partial charge in [0.25, 0.3) is 5.91 Å². The third-order valence-corrected chi connectivity index (χ3v) is 4.15. The van der Waals surface area contributed by atoms with Crippen LogP contribution in [-0.2, 0) is 6.54 Å². The van der Waals surface area contributed by atoms with E-state index < -0.39 is 5.91 Å². The second-order valence-corrected chi connectivity index (χ2v) is 5.90. The van der Waals surface area contributed by atoms with Crippen molar-refractivity contribution in [1.29, 1.82) is 0 Å². The molecule has 6 nitrogen and oxygen atoms in total. The molecule has 23 heavy (non-hydrogen) atoms. The summed E-state index contributed by atoms with van der Waals surface area (Å²) in [5, 5.41) is 0.515. The standard InChI is InChI=1S/C16H18ClN5O/c17-15-2-1-12(10-20-15)11-21-5-7-22(8-6-21)13-3-4-19-14(9-13)16(18)23/h1-4,9-10H,5-8,11H2,(H2,18,23). The molecule has 3 rings (SSSR count). The van der Waals surface area contributed by atoms with E-state index in [0.717, 1.165) is 44.0 Å². The Morgan fingerprint density at radius 1 is 1.17 bits per heavy atom. The molecular weight excluding hydrogens is 314 g/mol. The Morgan fingerprint density at radius 2 is 1.96 bits per heavy atom. The van der Waals surface area contributed by atoms with E-state index in [-0.39, 0.29) is 0 Å². The molecule has 1 aliphatic rings. The highest BCUT2D eigenvalue weighted by Gasteiger charge is 2.18. The van der Waals surface area contributed by atoms with Crippen molar-refractivity contribution in [3.8, 4) is 0 Å². The molecule has 1 aliphatic heterocycles. The lowest BCUT2D eigenvalue weighted by atomic mass is 10.2. The zero-order valence-electron chi connectivity index (χ0n) is 12.7. The topological polar surface area (TPSA) is 75.4 Å². The molecule has 0 bridgehead atoms. The summed E-state index contributed by atoms with van der Waals surface area (Å²) < 4.78 is 0. The predicted octanol–water partition coefficient (Wildman–Crippen LogP) is 1.55. The van der Waals surface area contributed by atoms with Crippen molar-refractivity contribution in [2.45, 2.75) is 6.54 Å². The average molecular weight is 332 g/mol. The lowest BCUT2D eigenvalue weighted by Gasteiger charge is -2.36. The highest BCUT2D eigenvalue weighted by molar-refractivity contribution is 6.29. The minimum atomic E-state index is -0.499. The van der Waals surface area contributed by atoms with Crippen LogP contribution in [0.2, 0.25) is 5.15 Å². The van der Waals surface area contributed by atoms with Gasteiger partial charge in [-0.25, -0.2) is 4.98 Å². The summed E-state index contributed by atoms with van der Waals surface area (Å²) in [6.07, 6.45) is 3.44. The maximum atomic E-state index is 11.2. The van der Waals surface area contributed by atoms with E-state index in [9.17, 15) is 4.79 Å². The Bertz CT molecular complexity index is 683. The van der Waals surface area contributed by atoms with Gasteiger partial charge in [0.05, 0.1) is 0 Å². The van der Waals surface area contributed by atoms with Crippen molar-refractivity contribution in [3.63, 3.8) is 0 Å². The first kappa shape index (κ1) is 15.7. The number of piperazine rings is 1. The lowest BCUT2D eigenvalue weighted by Crippen LogP contribution is -2.46. The monoisotopic (exact) mass is 331 g/mol. The van der Waals surface area contributed by atoms with E-state index in [0.29, 0.717) is 10.8 Å². The van der Waals surface area contributed by atoms with Crippen LogP contribution in [-0.4, -0.2) is 47.0 Å². The molecule has 1 fully saturated rings. The SMILES string of the molecule is NC(=O)c1cc(N2CCN(Cc3ccc(Cl)nc3)CC2)ccn1. The van der Waals surface area contributed by atoms with Gasteiger partial charge < -0.3 is 10.6 Å². The fraction of sp³-hybridized carbons (Fsp3) is 0.312. The van der Waals surface area contributed by atoms with Gasteiger partial charge >= 0.3 is 0 Å². The second-order valence-electron chi connectivity index (χ2n) is 5.52. The molecule has 2 aromatic heterocycles. The number of halogens is 1. The Hall–Kier alpha value is -2.18. The summed E-state index contributed by atoms with van der Waals surface area (Å²) in [6.45, 7) is 4.53. The Balaban J connectivity index is 1.59. The smallest absolute Gasteiger partial charge is 0.267 e. The van der Waals surface area contributed by atoms with Gasteiger partial charge in [-0.3, -0.25) is 14.7 Å². The fourth-order valence-electron chi connectivity index (χ4n) is 2.67. The quantitative estimate of drug-likeness (QED) is 0.860. The van der Waals surface area contributed by atoms with Crippen molar-refractivity contribution in [2.75, 3.05) is 31.1 Å². The molecule has 0 radical (unpaired) electrons. The second kappa shape index (κ2) is 6.93. The minimum absolute atomic E-state index is 0.303. The summed E-state index contributed by atoms with van der Waals surface area (Å²) in [7, 11) is 0. The van der Waals surface area contributed by atoms with Gasteiger partial charge in [0.15, 0.2) is 0 Å². The minimum Gasteiger partial charge on any atom is -0.369 e. The van der Waals surface area contributed by atoms with Gasteiger partial charge in [-0.1, -0.05) is 17.7 Å². The number of hydrogen-bond acceptors (Lipinski definition) is 5. The highest BCUT2D eigenvalue weighted by atomic mass is 35.5. The van der Waals surface area contributed by atoms with E-state index in [1.807, 2.05) is 24.4 Å². The Labute approximate surface area is 139 Å². The van der Waals surface area contributed by atoms with E-state index in [1.165, 1.54) is 0 Å². The van der Waals surface area contributed by atoms with Crippen LogP contribution in [0.4, 0.5) is 5.69 Å². The van der Waals surface area contributed by atoms with Crippen LogP contribution in [0.3, 0.4) is 0 Å². The first-order valence-corrected chi connectivity index (χ1v) is 7.83. The number of nitrogens with zero attached hydrogens (tertiary/aromatic N) is 4. The molecule has 0 saturated carbocycles. The van der Waals surface area contributed by atoms with E-state index in [4.69, 9.17) is 17.3 Å². The number of amides is 1. The number of carbonyl (C=O) groups is 1. The molecule has 2 aromatic rings. The number of nitrogens with two attached hydrogens (primary N) is 1. The van der Waals surface area contributed by atoms with Crippen LogP contribution < -0.4 is 10.6 Å². The van der Waals surface area contributed by atoms with E-state index in [1.54, 1.807) is 12.3 Å². The number of carbonyl (C=O) groups excluding carboxylic acids is 1. The maximum absolute atomic E-state index is 11.2. The van der Waals surface area contributed by atoms with Crippen LogP contribution in [0.5, 0.6) is 0 Å². The van der Waals surface area contributed by atoms with E-state index >= 15 is 0 Å². The molecule has 0 aliphatic carbocycles. The van der Waals surface area contributed by atoms with Gasteiger partial charge in [-0.05, 0) is 23.8 Å². The third kappa shape index (κ3) is 3.97. The molecule has 120 valence electrons. The Kier molecular flexibility index (Phi) is 4.73. The first-order valence-electron chi connectivity index (χ1n) is 7.45. The predicted molar refractivity (Wildman–Crippen MR) is 89.5 cm³/mol. The summed E-state index contributed by atoms with van der Waals surface area (Å²) in [5.41, 5.74) is 7.73. The zero-order chi connectivity index (χ0) is 16.2. The molecule has 1 saturated heterocycles. The zero-order valence-corrected chi connectivity index (χ0v) is 13.4. The average Bonchev–Trinajstić information content (AvgIpc) is 2.58. The van der Waals surface area contributed by atoms with Crippen LogP contribution in [0.1, 0.15) is 16.1 Å². The molecule has 3 heterocycles. The van der Waals surface area contributed by atoms with Gasteiger partial charge in [0, 0.05) is 50.8 Å². The summed E-state index contributed by atoms with van der Waals surface area (Å²) in [4.78, 5) is 23.9. The fourth-order valence-corrected chi connectivity index (χ4v) is 2.78. The van der Waals surface area contributed by atoms with E-state index in [2.05, 4.69) is 19.8 Å². The van der Waals surface area contributed by atoms with Gasteiger partial charge in [-0.2, -0.15) is 0 Å². The molecule has 7 heteroatoms. The third-order valence-electron chi connectivity index (χ3n) is 3.93. The molecule has 0 atom stereocenters. The van der Waals surface area contributed by atoms with Gasteiger partial charge in [0.1, 0.15) is 10.8 Å². The van der Waals surface area contributed by atoms with Crippen molar-refractivity contribution in [1.82, 2.24) is 14.9 Å². The number of aromatic nitrogens is 2. The first-order chi connectivity index (χ1) is 11.1. The van der Waals surface area contributed by atoms with Crippen molar-refractivity contribution in [2.24, 2.45) is 5.73 Å². The van der Waals surface area contributed by atoms with Crippen molar-refractivity contribution < 1.29 is 4.79 Å². The van der Waals surface area contributed by atoms with Crippen LogP contribution in [0, 0.1) is 0 Å². The summed E-state index contributed by atoms with van der Waals surface area (Å²) in [5.74, 6) is -0.499. The molecule has 2 N–H and O–H groups in total. The number of primary amides is 1. The maximum Gasteiger partial charge on any atom is 0.267 e. The van der Waals surface area contributed by atoms with Gasteiger partial charge in [-0.15, -0.1) is 0 Å². The van der Waals surface area contributed by atoms with Gasteiger partial charge in [0.2, 0.25) is 0 Å². The molecule has 1 amide bonds. The number of pyridine rings is 2. The summed E-state index contributed by atoms with van der Waals surface area (Å²) >= 11 is 5.81. The molecule has 0 unspecified atom stereocenters. The van der Waals surface area contributed by atoms with Crippen molar-refractivity contribution in [3.05, 3.63) is 53.1 Å². The molecule has 0 aromatic carbocycles. The lowest BCUT2D eigenvalue weighted by molar-refractivity contribution is 0.0995. The number of anilines is 1. The number of rotatable bonds is 4. The molecular formula is C16H18ClN5O. The molecule has 0 spiro atoms. The van der Waals surface area contributed by atoms with Crippen LogP contribution in [0.15, 0.2) is 36.7 Å². The van der Waals surface area contributed by atoms with Crippen molar-refractivity contribution >= 4 is 23.2 Å².